The number of hydrogen-bond donors (Lipinski definition) is 1. The second-order valence-electron chi connectivity index (χ2n) is 5.64. The number of hydrogen-bond acceptors (Lipinski definition) is 3. The van der Waals surface area contributed by atoms with Crippen LogP contribution in [0, 0.1) is 6.92 Å². The summed E-state index contributed by atoms with van der Waals surface area (Å²) in [5, 5.41) is 10.6. The molecule has 114 valence electrons. The first-order valence-corrected chi connectivity index (χ1v) is 8.28. The summed E-state index contributed by atoms with van der Waals surface area (Å²) >= 11 is 9.69. The molecule has 1 fully saturated rings. The van der Waals surface area contributed by atoms with E-state index in [1.807, 2.05) is 6.92 Å². The molecule has 1 aliphatic carbocycles. The molecule has 2 aliphatic rings. The fraction of sp³-hybridized carbons (Fsp3) is 0.533. The number of aliphatic hydroxyl groups is 1. The summed E-state index contributed by atoms with van der Waals surface area (Å²) in [6.07, 6.45) is 3.10. The monoisotopic (exact) mass is 373 g/mol. The Morgan fingerprint density at radius 2 is 2.14 bits per heavy atom. The maximum absolute atomic E-state index is 12.7. The van der Waals surface area contributed by atoms with E-state index in [1.54, 1.807) is 11.0 Å². The topological polar surface area (TPSA) is 49.8 Å². The minimum atomic E-state index is -0.475. The van der Waals surface area contributed by atoms with Gasteiger partial charge < -0.3 is 9.84 Å². The smallest absolute Gasteiger partial charge is 0.260 e. The Morgan fingerprint density at radius 3 is 2.86 bits per heavy atom. The fourth-order valence-corrected chi connectivity index (χ4v) is 3.84. The van der Waals surface area contributed by atoms with Crippen molar-refractivity contribution in [2.75, 3.05) is 6.73 Å². The molecule has 21 heavy (non-hydrogen) atoms. The van der Waals surface area contributed by atoms with Crippen LogP contribution in [0.4, 0.5) is 0 Å². The molecular weight excluding hydrogens is 358 g/mol. The van der Waals surface area contributed by atoms with Crippen molar-refractivity contribution in [2.45, 2.75) is 44.8 Å². The molecule has 0 radical (unpaired) electrons. The van der Waals surface area contributed by atoms with Crippen LogP contribution in [0.1, 0.15) is 41.6 Å². The van der Waals surface area contributed by atoms with Gasteiger partial charge >= 0.3 is 0 Å². The van der Waals surface area contributed by atoms with Gasteiger partial charge in [0.15, 0.2) is 12.5 Å². The van der Waals surface area contributed by atoms with Crippen molar-refractivity contribution in [3.63, 3.8) is 0 Å². The van der Waals surface area contributed by atoms with Gasteiger partial charge in [0, 0.05) is 4.47 Å². The first-order valence-electron chi connectivity index (χ1n) is 7.11. The lowest BCUT2D eigenvalue weighted by Gasteiger charge is -2.40. The van der Waals surface area contributed by atoms with Crippen molar-refractivity contribution in [2.24, 2.45) is 0 Å². The zero-order chi connectivity index (χ0) is 15.1. The molecule has 0 spiro atoms. The van der Waals surface area contributed by atoms with E-state index in [0.29, 0.717) is 16.3 Å². The number of rotatable bonds is 1. The van der Waals surface area contributed by atoms with Crippen LogP contribution in [0.5, 0.6) is 5.75 Å². The van der Waals surface area contributed by atoms with Crippen molar-refractivity contribution >= 4 is 33.4 Å². The molecule has 1 aromatic rings. The summed E-state index contributed by atoms with van der Waals surface area (Å²) in [5.41, 5.74) is 1.32. The number of halogens is 2. The molecule has 3 rings (SSSR count). The summed E-state index contributed by atoms with van der Waals surface area (Å²) < 4.78 is 6.50. The first kappa shape index (κ1) is 15.1. The van der Waals surface area contributed by atoms with E-state index in [9.17, 15) is 9.90 Å². The Hall–Kier alpha value is -0.780. The number of benzene rings is 1. The molecular formula is C15H17BrClNO3. The predicted molar refractivity (Wildman–Crippen MR) is 83.8 cm³/mol. The highest BCUT2D eigenvalue weighted by atomic mass is 79.9. The molecule has 1 N–H and O–H groups in total. The molecule has 2 unspecified atom stereocenters. The average molecular weight is 375 g/mol. The third-order valence-electron chi connectivity index (χ3n) is 4.34. The highest BCUT2D eigenvalue weighted by Crippen LogP contribution is 2.40. The van der Waals surface area contributed by atoms with Gasteiger partial charge in [-0.05, 0) is 31.4 Å². The van der Waals surface area contributed by atoms with Crippen LogP contribution in [0.25, 0.3) is 0 Å². The van der Waals surface area contributed by atoms with Gasteiger partial charge in [-0.15, -0.1) is 0 Å². The van der Waals surface area contributed by atoms with Crippen LogP contribution in [0.3, 0.4) is 0 Å². The van der Waals surface area contributed by atoms with Crippen LogP contribution in [-0.2, 0) is 0 Å². The van der Waals surface area contributed by atoms with Gasteiger partial charge in [0.25, 0.3) is 5.91 Å². The number of amides is 1. The third-order valence-corrected chi connectivity index (χ3v) is 5.61. The summed E-state index contributed by atoms with van der Waals surface area (Å²) in [7, 11) is 0. The summed E-state index contributed by atoms with van der Waals surface area (Å²) in [5.74, 6) is 0.328. The summed E-state index contributed by atoms with van der Waals surface area (Å²) in [6, 6.07) is 1.58. The Morgan fingerprint density at radius 1 is 1.43 bits per heavy atom. The van der Waals surface area contributed by atoms with Gasteiger partial charge in [-0.25, -0.2) is 0 Å². The van der Waals surface area contributed by atoms with Gasteiger partial charge in [-0.3, -0.25) is 9.69 Å². The molecule has 1 aromatic carbocycles. The molecule has 1 aliphatic heterocycles. The summed E-state index contributed by atoms with van der Waals surface area (Å²) in [6.45, 7) is 2.02. The van der Waals surface area contributed by atoms with Crippen LogP contribution in [0.15, 0.2) is 10.5 Å². The third kappa shape index (κ3) is 2.56. The second-order valence-corrected chi connectivity index (χ2v) is 6.87. The summed E-state index contributed by atoms with van der Waals surface area (Å²) in [4.78, 5) is 14.4. The largest absolute Gasteiger partial charge is 0.471 e. The van der Waals surface area contributed by atoms with E-state index < -0.39 is 6.10 Å². The zero-order valence-corrected chi connectivity index (χ0v) is 14.1. The van der Waals surface area contributed by atoms with Gasteiger partial charge in [-0.1, -0.05) is 40.4 Å². The fourth-order valence-electron chi connectivity index (χ4n) is 3.04. The lowest BCUT2D eigenvalue weighted by atomic mass is 9.91. The van der Waals surface area contributed by atoms with Crippen molar-refractivity contribution in [1.29, 1.82) is 0 Å². The van der Waals surface area contributed by atoms with E-state index in [1.165, 1.54) is 0 Å². The second kappa shape index (κ2) is 5.78. The maximum atomic E-state index is 12.7. The van der Waals surface area contributed by atoms with Gasteiger partial charge in [0.2, 0.25) is 0 Å². The number of nitrogens with zero attached hydrogens (tertiary/aromatic N) is 1. The van der Waals surface area contributed by atoms with Crippen LogP contribution >= 0.6 is 27.5 Å². The molecule has 0 bridgehead atoms. The van der Waals surface area contributed by atoms with E-state index in [0.717, 1.165) is 35.7 Å². The maximum Gasteiger partial charge on any atom is 0.260 e. The van der Waals surface area contributed by atoms with Crippen molar-refractivity contribution < 1.29 is 14.6 Å². The zero-order valence-electron chi connectivity index (χ0n) is 11.7. The average Bonchev–Trinajstić information content (AvgIpc) is 2.47. The van der Waals surface area contributed by atoms with E-state index >= 15 is 0 Å². The standard InChI is InChI=1S/C15H17BrClNO3/c1-8-10(16)6-9-14(13(8)17)21-7-18(15(9)20)11-4-2-3-5-12(11)19/h6,11-12,19H,2-5,7H2,1H3. The lowest BCUT2D eigenvalue weighted by molar-refractivity contribution is -0.0124. The normalized spacial score (nSPS) is 25.5. The molecule has 1 heterocycles. The molecule has 1 saturated carbocycles. The molecule has 2 atom stereocenters. The highest BCUT2D eigenvalue weighted by molar-refractivity contribution is 9.10. The van der Waals surface area contributed by atoms with Gasteiger partial charge in [0.05, 0.1) is 22.7 Å². The molecule has 1 amide bonds. The van der Waals surface area contributed by atoms with Crippen molar-refractivity contribution in [3.05, 3.63) is 26.7 Å². The van der Waals surface area contributed by atoms with Crippen molar-refractivity contribution in [1.82, 2.24) is 4.90 Å². The van der Waals surface area contributed by atoms with Gasteiger partial charge in [-0.2, -0.15) is 0 Å². The molecule has 6 heteroatoms. The number of aliphatic hydroxyl groups excluding tert-OH is 1. The Kier molecular flexibility index (Phi) is 4.17. The predicted octanol–water partition coefficient (Wildman–Crippen LogP) is 3.51. The Balaban J connectivity index is 1.95. The molecule has 0 saturated heterocycles. The number of carbonyl (C=O) groups excluding carboxylic acids is 1. The molecule has 4 nitrogen and oxygen atoms in total. The first-order chi connectivity index (χ1) is 10.0. The Labute approximate surface area is 137 Å². The number of fused-ring (bicyclic) bond motifs is 1. The van der Waals surface area contributed by atoms with E-state index in [2.05, 4.69) is 15.9 Å². The number of carbonyl (C=O) groups is 1. The SMILES string of the molecule is Cc1c(Br)cc2c(c1Cl)OCN(C1CCCCC1O)C2=O. The minimum Gasteiger partial charge on any atom is -0.471 e. The Bertz CT molecular complexity index is 593. The highest BCUT2D eigenvalue weighted by Gasteiger charge is 2.37. The quantitative estimate of drug-likeness (QED) is 0.818. The van der Waals surface area contributed by atoms with Crippen molar-refractivity contribution in [3.8, 4) is 5.75 Å². The number of ether oxygens (including phenoxy) is 1. The van der Waals surface area contributed by atoms with Crippen LogP contribution in [-0.4, -0.2) is 34.8 Å². The minimum absolute atomic E-state index is 0.121. The van der Waals surface area contributed by atoms with E-state index in [4.69, 9.17) is 16.3 Å². The van der Waals surface area contributed by atoms with E-state index in [-0.39, 0.29) is 18.7 Å². The molecule has 0 aromatic heterocycles. The van der Waals surface area contributed by atoms with Crippen LogP contribution < -0.4 is 4.74 Å². The van der Waals surface area contributed by atoms with Crippen LogP contribution in [0.2, 0.25) is 5.02 Å². The lowest BCUT2D eigenvalue weighted by Crippen LogP contribution is -2.51. The van der Waals surface area contributed by atoms with Gasteiger partial charge in [0.1, 0.15) is 0 Å².